The van der Waals surface area contributed by atoms with E-state index in [0.717, 1.165) is 12.1 Å². The fourth-order valence-corrected chi connectivity index (χ4v) is 2.05. The highest BCUT2D eigenvalue weighted by molar-refractivity contribution is 5.67. The first-order chi connectivity index (χ1) is 11.4. The summed E-state index contributed by atoms with van der Waals surface area (Å²) in [7, 11) is 0. The van der Waals surface area contributed by atoms with Gasteiger partial charge in [-0.15, -0.1) is 0 Å². The van der Waals surface area contributed by atoms with E-state index in [4.69, 9.17) is 4.42 Å². The van der Waals surface area contributed by atoms with E-state index < -0.39 is 17.4 Å². The number of alkyl halides is 3. The topological polar surface area (TPSA) is 48.0 Å². The molecule has 4 nitrogen and oxygen atoms in total. The summed E-state index contributed by atoms with van der Waals surface area (Å²) in [5, 5.41) is 0. The van der Waals surface area contributed by atoms with Crippen LogP contribution in [0.3, 0.4) is 0 Å². The summed E-state index contributed by atoms with van der Waals surface area (Å²) in [6.07, 6.45) is 1.73. The maximum atomic E-state index is 12.5. The van der Waals surface area contributed by atoms with Crippen LogP contribution in [0.4, 0.5) is 13.2 Å². The fraction of sp³-hybridized carbons (Fsp3) is 0.0588. The molecular weight excluding hydrogens is 321 g/mol. The molecule has 7 heteroatoms. The molecular formula is C17H11F3N2O2. The summed E-state index contributed by atoms with van der Waals surface area (Å²) in [6, 6.07) is 9.59. The van der Waals surface area contributed by atoms with Crippen LogP contribution in [0.25, 0.3) is 18.0 Å². The Balaban J connectivity index is 1.80. The Morgan fingerprint density at radius 2 is 1.79 bits per heavy atom. The van der Waals surface area contributed by atoms with Crippen molar-refractivity contribution in [2.75, 3.05) is 0 Å². The Hall–Kier alpha value is -3.09. The zero-order valence-electron chi connectivity index (χ0n) is 12.2. The van der Waals surface area contributed by atoms with Gasteiger partial charge in [0.2, 0.25) is 5.88 Å². The van der Waals surface area contributed by atoms with Gasteiger partial charge in [0.15, 0.2) is 0 Å². The van der Waals surface area contributed by atoms with E-state index in [1.807, 2.05) is 0 Å². The van der Waals surface area contributed by atoms with Crippen LogP contribution < -0.4 is 5.69 Å². The summed E-state index contributed by atoms with van der Waals surface area (Å²) in [5.74, 6) is 0.353. The van der Waals surface area contributed by atoms with Gasteiger partial charge in [0.1, 0.15) is 0 Å². The van der Waals surface area contributed by atoms with Crippen molar-refractivity contribution >= 4 is 12.2 Å². The lowest BCUT2D eigenvalue weighted by Crippen LogP contribution is -2.20. The monoisotopic (exact) mass is 332 g/mol. The van der Waals surface area contributed by atoms with E-state index in [-0.39, 0.29) is 0 Å². The van der Waals surface area contributed by atoms with Gasteiger partial charge in [-0.2, -0.15) is 18.2 Å². The standard InChI is InChI=1S/C17H11F3N2O2/c18-17(19,20)13-6-3-12(4-7-13)5-8-14-9-10-22(16(23)21-14)15-2-1-11-24-15/h1-11H. The van der Waals surface area contributed by atoms with Crippen molar-refractivity contribution < 1.29 is 17.6 Å². The molecule has 0 N–H and O–H groups in total. The first-order valence-corrected chi connectivity index (χ1v) is 6.92. The summed E-state index contributed by atoms with van der Waals surface area (Å²) in [4.78, 5) is 15.8. The van der Waals surface area contributed by atoms with Crippen LogP contribution in [-0.4, -0.2) is 9.55 Å². The van der Waals surface area contributed by atoms with Crippen molar-refractivity contribution in [3.8, 4) is 5.88 Å². The van der Waals surface area contributed by atoms with Gasteiger partial charge in [0, 0.05) is 12.3 Å². The minimum atomic E-state index is -4.36. The van der Waals surface area contributed by atoms with Gasteiger partial charge < -0.3 is 4.42 Å². The molecule has 0 saturated heterocycles. The first-order valence-electron chi connectivity index (χ1n) is 6.92. The SMILES string of the molecule is O=c1nc(C=Cc2ccc(C(F)(F)F)cc2)ccn1-c1ccco1. The molecule has 1 aromatic carbocycles. The molecule has 2 heterocycles. The molecule has 0 amide bonds. The van der Waals surface area contributed by atoms with E-state index >= 15 is 0 Å². The summed E-state index contributed by atoms with van der Waals surface area (Å²) in [5.41, 5.74) is -0.263. The maximum Gasteiger partial charge on any atom is 0.416 e. The number of nitrogens with zero attached hydrogens (tertiary/aromatic N) is 2. The second-order valence-electron chi connectivity index (χ2n) is 4.91. The summed E-state index contributed by atoms with van der Waals surface area (Å²) >= 11 is 0. The van der Waals surface area contributed by atoms with Crippen LogP contribution >= 0.6 is 0 Å². The number of halogens is 3. The van der Waals surface area contributed by atoms with Gasteiger partial charge in [-0.05, 0) is 35.9 Å². The van der Waals surface area contributed by atoms with Crippen LogP contribution in [0, 0.1) is 0 Å². The Labute approximate surface area is 134 Å². The average molecular weight is 332 g/mol. The van der Waals surface area contributed by atoms with Crippen molar-refractivity contribution in [3.05, 3.63) is 82.2 Å². The number of furan rings is 1. The Kier molecular flexibility index (Phi) is 4.07. The van der Waals surface area contributed by atoms with Crippen molar-refractivity contribution in [2.24, 2.45) is 0 Å². The quantitative estimate of drug-likeness (QED) is 0.728. The zero-order valence-corrected chi connectivity index (χ0v) is 12.2. The van der Waals surface area contributed by atoms with E-state index in [1.165, 1.54) is 29.2 Å². The molecule has 3 aromatic rings. The Morgan fingerprint density at radius 1 is 1.04 bits per heavy atom. The molecule has 0 aliphatic carbocycles. The normalized spacial score (nSPS) is 12.0. The van der Waals surface area contributed by atoms with Crippen molar-refractivity contribution in [3.63, 3.8) is 0 Å². The predicted molar refractivity (Wildman–Crippen MR) is 82.5 cm³/mol. The minimum Gasteiger partial charge on any atom is -0.448 e. The molecule has 122 valence electrons. The largest absolute Gasteiger partial charge is 0.448 e. The van der Waals surface area contributed by atoms with Crippen LogP contribution in [0.1, 0.15) is 16.8 Å². The number of hydrogen-bond acceptors (Lipinski definition) is 3. The lowest BCUT2D eigenvalue weighted by molar-refractivity contribution is -0.137. The van der Waals surface area contributed by atoms with E-state index in [1.54, 1.807) is 30.4 Å². The molecule has 0 radical (unpaired) electrons. The second kappa shape index (κ2) is 6.19. The molecule has 0 bridgehead atoms. The van der Waals surface area contributed by atoms with Gasteiger partial charge >= 0.3 is 11.9 Å². The fourth-order valence-electron chi connectivity index (χ4n) is 2.05. The smallest absolute Gasteiger partial charge is 0.416 e. The number of rotatable bonds is 3. The predicted octanol–water partition coefficient (Wildman–Crippen LogP) is 4.01. The zero-order chi connectivity index (χ0) is 17.2. The second-order valence-corrected chi connectivity index (χ2v) is 4.91. The van der Waals surface area contributed by atoms with Crippen LogP contribution in [0.15, 0.2) is 64.1 Å². The highest BCUT2D eigenvalue weighted by Crippen LogP contribution is 2.29. The molecule has 0 aliphatic rings. The first kappa shape index (κ1) is 15.8. The average Bonchev–Trinajstić information content (AvgIpc) is 3.07. The molecule has 0 atom stereocenters. The molecule has 3 rings (SSSR count). The third kappa shape index (κ3) is 3.45. The minimum absolute atomic E-state index is 0.353. The maximum absolute atomic E-state index is 12.5. The van der Waals surface area contributed by atoms with Gasteiger partial charge in [0.05, 0.1) is 17.5 Å². The summed E-state index contributed by atoms with van der Waals surface area (Å²) in [6.45, 7) is 0. The molecule has 2 aromatic heterocycles. The van der Waals surface area contributed by atoms with Crippen molar-refractivity contribution in [1.29, 1.82) is 0 Å². The van der Waals surface area contributed by atoms with E-state index in [9.17, 15) is 18.0 Å². The number of benzene rings is 1. The van der Waals surface area contributed by atoms with E-state index in [0.29, 0.717) is 17.1 Å². The van der Waals surface area contributed by atoms with Crippen LogP contribution in [0.2, 0.25) is 0 Å². The highest BCUT2D eigenvalue weighted by Gasteiger charge is 2.29. The third-order valence-electron chi connectivity index (χ3n) is 3.25. The molecule has 0 saturated carbocycles. The molecule has 0 unspecified atom stereocenters. The molecule has 24 heavy (non-hydrogen) atoms. The van der Waals surface area contributed by atoms with Crippen molar-refractivity contribution in [2.45, 2.75) is 6.18 Å². The molecule has 0 fully saturated rings. The molecule has 0 aliphatic heterocycles. The lowest BCUT2D eigenvalue weighted by atomic mass is 10.1. The summed E-state index contributed by atoms with van der Waals surface area (Å²) < 4.78 is 43.9. The van der Waals surface area contributed by atoms with Crippen LogP contribution in [0.5, 0.6) is 0 Å². The van der Waals surface area contributed by atoms with Gasteiger partial charge in [0.25, 0.3) is 0 Å². The third-order valence-corrected chi connectivity index (χ3v) is 3.25. The molecule has 0 spiro atoms. The Bertz CT molecular complexity index is 908. The van der Waals surface area contributed by atoms with Crippen LogP contribution in [-0.2, 0) is 6.18 Å². The number of hydrogen-bond donors (Lipinski definition) is 0. The highest BCUT2D eigenvalue weighted by atomic mass is 19.4. The van der Waals surface area contributed by atoms with Gasteiger partial charge in [-0.25, -0.2) is 9.36 Å². The van der Waals surface area contributed by atoms with Crippen molar-refractivity contribution in [1.82, 2.24) is 9.55 Å². The van der Waals surface area contributed by atoms with Gasteiger partial charge in [-0.3, -0.25) is 0 Å². The lowest BCUT2D eigenvalue weighted by Gasteiger charge is -2.05. The van der Waals surface area contributed by atoms with E-state index in [2.05, 4.69) is 4.98 Å². The van der Waals surface area contributed by atoms with Gasteiger partial charge in [-0.1, -0.05) is 18.2 Å². The number of aromatic nitrogens is 2. The Morgan fingerprint density at radius 3 is 2.38 bits per heavy atom.